The molecule has 2 N–H and O–H groups in total. The minimum atomic E-state index is -0.114. The number of aromatic nitrogens is 1. The highest BCUT2D eigenvalue weighted by molar-refractivity contribution is 4.88. The van der Waals surface area contributed by atoms with E-state index < -0.39 is 0 Å². The molecule has 2 atom stereocenters. The number of aliphatic hydroxyl groups is 1. The quantitative estimate of drug-likeness (QED) is 0.752. The maximum atomic E-state index is 9.57. The molecule has 0 radical (unpaired) electrons. The van der Waals surface area contributed by atoms with Gasteiger partial charge in [0, 0.05) is 6.54 Å². The maximum Gasteiger partial charge on any atom is 0.180 e. The van der Waals surface area contributed by atoms with E-state index in [1.165, 1.54) is 6.39 Å². The Labute approximate surface area is 83.3 Å². The number of nitrogens with one attached hydrogen (secondary N) is 1. The lowest BCUT2D eigenvalue weighted by molar-refractivity contribution is 0.131. The molecule has 0 aliphatic heterocycles. The monoisotopic (exact) mass is 196 g/mol. The molecule has 78 valence electrons. The first kappa shape index (κ1) is 9.68. The van der Waals surface area contributed by atoms with Crippen molar-refractivity contribution in [3.63, 3.8) is 0 Å². The zero-order chi connectivity index (χ0) is 9.80. The van der Waals surface area contributed by atoms with Gasteiger partial charge in [0.2, 0.25) is 0 Å². The fourth-order valence-corrected chi connectivity index (χ4v) is 1.97. The second kappa shape index (κ2) is 4.57. The van der Waals surface area contributed by atoms with Crippen molar-refractivity contribution in [1.29, 1.82) is 0 Å². The second-order valence-corrected chi connectivity index (χ2v) is 3.86. The molecular weight excluding hydrogens is 180 g/mol. The Morgan fingerprint density at radius 1 is 1.57 bits per heavy atom. The van der Waals surface area contributed by atoms with Gasteiger partial charge in [0.05, 0.1) is 18.8 Å². The van der Waals surface area contributed by atoms with Gasteiger partial charge in [-0.2, -0.15) is 0 Å². The van der Waals surface area contributed by atoms with E-state index in [1.54, 1.807) is 6.20 Å². The minimum absolute atomic E-state index is 0.114. The van der Waals surface area contributed by atoms with Gasteiger partial charge >= 0.3 is 0 Å². The van der Waals surface area contributed by atoms with E-state index in [2.05, 4.69) is 10.3 Å². The van der Waals surface area contributed by atoms with Gasteiger partial charge in [-0.1, -0.05) is 6.42 Å². The Morgan fingerprint density at radius 3 is 3.14 bits per heavy atom. The summed E-state index contributed by atoms with van der Waals surface area (Å²) in [4.78, 5) is 3.83. The third-order valence-corrected chi connectivity index (χ3v) is 2.81. The molecule has 2 rings (SSSR count). The van der Waals surface area contributed by atoms with Crippen LogP contribution in [-0.4, -0.2) is 22.7 Å². The average molecular weight is 196 g/mol. The van der Waals surface area contributed by atoms with Crippen molar-refractivity contribution in [2.24, 2.45) is 5.92 Å². The Kier molecular flexibility index (Phi) is 3.16. The molecule has 4 heteroatoms. The SMILES string of the molecule is OC1CCCC1CNCc1cnco1. The summed E-state index contributed by atoms with van der Waals surface area (Å²) in [6, 6.07) is 0. The van der Waals surface area contributed by atoms with E-state index in [0.29, 0.717) is 12.5 Å². The molecule has 1 saturated carbocycles. The second-order valence-electron chi connectivity index (χ2n) is 3.86. The third kappa shape index (κ3) is 2.33. The standard InChI is InChI=1S/C10H16N2O2/c13-10-3-1-2-8(10)4-11-5-9-6-12-7-14-9/h6-8,10-11,13H,1-5H2. The summed E-state index contributed by atoms with van der Waals surface area (Å²) >= 11 is 0. The van der Waals surface area contributed by atoms with Crippen LogP contribution in [0.3, 0.4) is 0 Å². The van der Waals surface area contributed by atoms with Gasteiger partial charge in [-0.05, 0) is 18.8 Å². The molecule has 1 aliphatic carbocycles. The molecule has 14 heavy (non-hydrogen) atoms. The molecule has 0 aromatic carbocycles. The summed E-state index contributed by atoms with van der Waals surface area (Å²) in [5.74, 6) is 1.26. The maximum absolute atomic E-state index is 9.57. The van der Waals surface area contributed by atoms with Crippen LogP contribution in [0, 0.1) is 5.92 Å². The van der Waals surface area contributed by atoms with Gasteiger partial charge < -0.3 is 14.8 Å². The summed E-state index contributed by atoms with van der Waals surface area (Å²) in [6.07, 6.45) is 6.26. The molecular formula is C10H16N2O2. The van der Waals surface area contributed by atoms with Crippen LogP contribution in [0.4, 0.5) is 0 Å². The van der Waals surface area contributed by atoms with Crippen LogP contribution in [-0.2, 0) is 6.54 Å². The van der Waals surface area contributed by atoms with Crippen LogP contribution in [0.15, 0.2) is 17.0 Å². The summed E-state index contributed by atoms with van der Waals surface area (Å²) in [6.45, 7) is 1.56. The van der Waals surface area contributed by atoms with E-state index in [-0.39, 0.29) is 6.10 Å². The lowest BCUT2D eigenvalue weighted by Crippen LogP contribution is -2.27. The summed E-state index contributed by atoms with van der Waals surface area (Å²) < 4.78 is 5.09. The first-order valence-electron chi connectivity index (χ1n) is 5.12. The van der Waals surface area contributed by atoms with Crippen molar-refractivity contribution in [1.82, 2.24) is 10.3 Å². The molecule has 1 heterocycles. The number of nitrogens with zero attached hydrogens (tertiary/aromatic N) is 1. The van der Waals surface area contributed by atoms with Crippen molar-refractivity contribution < 1.29 is 9.52 Å². The van der Waals surface area contributed by atoms with Crippen LogP contribution in [0.25, 0.3) is 0 Å². The molecule has 0 saturated heterocycles. The highest BCUT2D eigenvalue weighted by atomic mass is 16.3. The molecule has 1 fully saturated rings. The van der Waals surface area contributed by atoms with E-state index in [0.717, 1.165) is 31.6 Å². The van der Waals surface area contributed by atoms with E-state index in [9.17, 15) is 5.11 Å². The normalized spacial score (nSPS) is 26.9. The Balaban J connectivity index is 1.68. The number of hydrogen-bond acceptors (Lipinski definition) is 4. The average Bonchev–Trinajstić information content (AvgIpc) is 2.78. The van der Waals surface area contributed by atoms with E-state index in [1.807, 2.05) is 0 Å². The summed E-state index contributed by atoms with van der Waals surface area (Å²) in [5, 5.41) is 12.8. The van der Waals surface area contributed by atoms with Crippen LogP contribution in [0.1, 0.15) is 25.0 Å². The van der Waals surface area contributed by atoms with Crippen molar-refractivity contribution >= 4 is 0 Å². The van der Waals surface area contributed by atoms with Crippen LogP contribution in [0.2, 0.25) is 0 Å². The number of aliphatic hydroxyl groups excluding tert-OH is 1. The molecule has 0 amide bonds. The highest BCUT2D eigenvalue weighted by Gasteiger charge is 2.24. The zero-order valence-corrected chi connectivity index (χ0v) is 8.15. The largest absolute Gasteiger partial charge is 0.447 e. The lowest BCUT2D eigenvalue weighted by Gasteiger charge is -2.14. The van der Waals surface area contributed by atoms with Crippen LogP contribution < -0.4 is 5.32 Å². The predicted molar refractivity (Wildman–Crippen MR) is 51.6 cm³/mol. The molecule has 2 unspecified atom stereocenters. The fourth-order valence-electron chi connectivity index (χ4n) is 1.97. The highest BCUT2D eigenvalue weighted by Crippen LogP contribution is 2.24. The zero-order valence-electron chi connectivity index (χ0n) is 8.15. The molecule has 1 aromatic rings. The van der Waals surface area contributed by atoms with Crippen molar-refractivity contribution in [3.05, 3.63) is 18.4 Å². The molecule has 0 spiro atoms. The van der Waals surface area contributed by atoms with E-state index >= 15 is 0 Å². The topological polar surface area (TPSA) is 58.3 Å². The number of oxazole rings is 1. The first-order chi connectivity index (χ1) is 6.86. The third-order valence-electron chi connectivity index (χ3n) is 2.81. The molecule has 4 nitrogen and oxygen atoms in total. The van der Waals surface area contributed by atoms with Crippen molar-refractivity contribution in [2.45, 2.75) is 31.9 Å². The van der Waals surface area contributed by atoms with Gasteiger partial charge in [0.15, 0.2) is 6.39 Å². The number of rotatable bonds is 4. The lowest BCUT2D eigenvalue weighted by atomic mass is 10.1. The first-order valence-corrected chi connectivity index (χ1v) is 5.12. The Morgan fingerprint density at radius 2 is 2.50 bits per heavy atom. The van der Waals surface area contributed by atoms with Gasteiger partial charge in [0.1, 0.15) is 5.76 Å². The minimum Gasteiger partial charge on any atom is -0.447 e. The van der Waals surface area contributed by atoms with Gasteiger partial charge in [-0.3, -0.25) is 0 Å². The summed E-state index contributed by atoms with van der Waals surface area (Å²) in [5.41, 5.74) is 0. The summed E-state index contributed by atoms with van der Waals surface area (Å²) in [7, 11) is 0. The molecule has 0 bridgehead atoms. The molecule has 1 aromatic heterocycles. The fraction of sp³-hybridized carbons (Fsp3) is 0.700. The van der Waals surface area contributed by atoms with Gasteiger partial charge in [0.25, 0.3) is 0 Å². The van der Waals surface area contributed by atoms with Crippen molar-refractivity contribution in [3.8, 4) is 0 Å². The van der Waals surface area contributed by atoms with Gasteiger partial charge in [-0.15, -0.1) is 0 Å². The smallest absolute Gasteiger partial charge is 0.180 e. The van der Waals surface area contributed by atoms with Crippen LogP contribution in [0.5, 0.6) is 0 Å². The van der Waals surface area contributed by atoms with Gasteiger partial charge in [-0.25, -0.2) is 4.98 Å². The molecule has 1 aliphatic rings. The van der Waals surface area contributed by atoms with Crippen LogP contribution >= 0.6 is 0 Å². The Hall–Kier alpha value is -0.870. The van der Waals surface area contributed by atoms with Crippen molar-refractivity contribution in [2.75, 3.05) is 6.54 Å². The predicted octanol–water partition coefficient (Wildman–Crippen LogP) is 0.925. The Bertz CT molecular complexity index is 261. The van der Waals surface area contributed by atoms with E-state index in [4.69, 9.17) is 4.42 Å². The number of hydrogen-bond donors (Lipinski definition) is 2.